The SMILES string of the molecule is O=c1ccccn1Cc1cn2cc(Br)ccc2n1. The van der Waals surface area contributed by atoms with E-state index in [1.165, 1.54) is 0 Å². The van der Waals surface area contributed by atoms with E-state index in [4.69, 9.17) is 0 Å². The number of nitrogens with zero attached hydrogens (tertiary/aromatic N) is 3. The van der Waals surface area contributed by atoms with E-state index < -0.39 is 0 Å². The molecular formula is C13H10BrN3O. The summed E-state index contributed by atoms with van der Waals surface area (Å²) in [7, 11) is 0. The van der Waals surface area contributed by atoms with Crippen molar-refractivity contribution in [3.63, 3.8) is 0 Å². The summed E-state index contributed by atoms with van der Waals surface area (Å²) >= 11 is 3.42. The van der Waals surface area contributed by atoms with E-state index in [0.717, 1.165) is 15.8 Å². The maximum absolute atomic E-state index is 11.6. The lowest BCUT2D eigenvalue weighted by atomic mass is 10.4. The Bertz CT molecular complexity index is 760. The monoisotopic (exact) mass is 303 g/mol. The molecule has 18 heavy (non-hydrogen) atoms. The second-order valence-electron chi connectivity index (χ2n) is 4.01. The van der Waals surface area contributed by atoms with Crippen LogP contribution >= 0.6 is 15.9 Å². The number of hydrogen-bond donors (Lipinski definition) is 0. The van der Waals surface area contributed by atoms with Crippen LogP contribution in [0, 0.1) is 0 Å². The zero-order valence-electron chi connectivity index (χ0n) is 9.45. The number of halogens is 1. The van der Waals surface area contributed by atoms with Crippen LogP contribution < -0.4 is 5.56 Å². The number of imidazole rings is 1. The average Bonchev–Trinajstić information content (AvgIpc) is 2.73. The predicted molar refractivity (Wildman–Crippen MR) is 72.7 cm³/mol. The molecule has 0 unspecified atom stereocenters. The van der Waals surface area contributed by atoms with Crippen LogP contribution in [0.25, 0.3) is 5.65 Å². The molecule has 0 radical (unpaired) electrons. The van der Waals surface area contributed by atoms with Gasteiger partial charge < -0.3 is 8.97 Å². The fraction of sp³-hybridized carbons (Fsp3) is 0.0769. The quantitative estimate of drug-likeness (QED) is 0.729. The van der Waals surface area contributed by atoms with Crippen LogP contribution in [0.2, 0.25) is 0 Å². The fourth-order valence-electron chi connectivity index (χ4n) is 1.86. The van der Waals surface area contributed by atoms with Gasteiger partial charge in [-0.25, -0.2) is 4.98 Å². The molecule has 0 amide bonds. The normalized spacial score (nSPS) is 10.9. The predicted octanol–water partition coefficient (Wildman–Crippen LogP) is 2.31. The van der Waals surface area contributed by atoms with E-state index in [0.29, 0.717) is 6.54 Å². The van der Waals surface area contributed by atoms with Crippen molar-refractivity contribution < 1.29 is 0 Å². The van der Waals surface area contributed by atoms with Crippen LogP contribution in [-0.2, 0) is 6.54 Å². The van der Waals surface area contributed by atoms with Crippen LogP contribution in [0.3, 0.4) is 0 Å². The van der Waals surface area contributed by atoms with Crippen molar-refractivity contribution in [3.05, 3.63) is 69.4 Å². The molecule has 0 saturated carbocycles. The van der Waals surface area contributed by atoms with Gasteiger partial charge >= 0.3 is 0 Å². The van der Waals surface area contributed by atoms with E-state index in [1.54, 1.807) is 22.9 Å². The summed E-state index contributed by atoms with van der Waals surface area (Å²) < 4.78 is 4.57. The number of rotatable bonds is 2. The van der Waals surface area contributed by atoms with E-state index in [2.05, 4.69) is 20.9 Å². The van der Waals surface area contributed by atoms with Crippen LogP contribution in [0.15, 0.2) is 58.2 Å². The first-order chi connectivity index (χ1) is 8.72. The molecule has 4 nitrogen and oxygen atoms in total. The molecule has 0 bridgehead atoms. The van der Waals surface area contributed by atoms with Crippen LogP contribution in [0.5, 0.6) is 0 Å². The average molecular weight is 304 g/mol. The Morgan fingerprint density at radius 2 is 2.06 bits per heavy atom. The van der Waals surface area contributed by atoms with Gasteiger partial charge in [-0.1, -0.05) is 6.07 Å². The molecule has 0 aliphatic rings. The Morgan fingerprint density at radius 3 is 2.89 bits per heavy atom. The Kier molecular flexibility index (Phi) is 2.76. The summed E-state index contributed by atoms with van der Waals surface area (Å²) in [4.78, 5) is 16.1. The van der Waals surface area contributed by atoms with Gasteiger partial charge in [0.05, 0.1) is 12.2 Å². The number of aromatic nitrogens is 3. The lowest BCUT2D eigenvalue weighted by molar-refractivity contribution is 0.744. The van der Waals surface area contributed by atoms with Crippen molar-refractivity contribution in [2.45, 2.75) is 6.54 Å². The third-order valence-electron chi connectivity index (χ3n) is 2.70. The molecule has 0 saturated heterocycles. The summed E-state index contributed by atoms with van der Waals surface area (Å²) in [5, 5.41) is 0. The van der Waals surface area contributed by atoms with E-state index >= 15 is 0 Å². The highest BCUT2D eigenvalue weighted by atomic mass is 79.9. The third kappa shape index (κ3) is 2.09. The Balaban J connectivity index is 2.01. The summed E-state index contributed by atoms with van der Waals surface area (Å²) in [5.74, 6) is 0. The van der Waals surface area contributed by atoms with Gasteiger partial charge in [-0.2, -0.15) is 0 Å². The van der Waals surface area contributed by atoms with Gasteiger partial charge in [0.1, 0.15) is 5.65 Å². The minimum atomic E-state index is -0.0178. The largest absolute Gasteiger partial charge is 0.309 e. The summed E-state index contributed by atoms with van der Waals surface area (Å²) in [6.07, 6.45) is 5.64. The molecule has 0 N–H and O–H groups in total. The van der Waals surface area contributed by atoms with Gasteiger partial charge in [-0.05, 0) is 34.1 Å². The van der Waals surface area contributed by atoms with Crippen LogP contribution in [-0.4, -0.2) is 14.0 Å². The molecule has 0 aliphatic heterocycles. The standard InChI is InChI=1S/C13H10BrN3O/c14-10-4-5-12-15-11(9-17(12)7-10)8-16-6-2-1-3-13(16)18/h1-7,9H,8H2. The van der Waals surface area contributed by atoms with Gasteiger partial charge in [-0.15, -0.1) is 0 Å². The molecule has 0 fully saturated rings. The molecule has 5 heteroatoms. The van der Waals surface area contributed by atoms with Gasteiger partial charge in [0.2, 0.25) is 0 Å². The second-order valence-corrected chi connectivity index (χ2v) is 4.93. The molecule has 3 rings (SSSR count). The van der Waals surface area contributed by atoms with Crippen molar-refractivity contribution in [1.82, 2.24) is 14.0 Å². The molecule has 0 spiro atoms. The summed E-state index contributed by atoms with van der Waals surface area (Å²) in [6, 6.07) is 9.00. The second kappa shape index (κ2) is 4.42. The topological polar surface area (TPSA) is 39.3 Å². The van der Waals surface area contributed by atoms with Gasteiger partial charge in [0.15, 0.2) is 0 Å². The summed E-state index contributed by atoms with van der Waals surface area (Å²) in [5.41, 5.74) is 1.72. The molecule has 0 aromatic carbocycles. The minimum Gasteiger partial charge on any atom is -0.309 e. The Hall–Kier alpha value is -1.88. The zero-order valence-corrected chi connectivity index (χ0v) is 11.0. The maximum Gasteiger partial charge on any atom is 0.250 e. The molecular weight excluding hydrogens is 294 g/mol. The molecule has 0 atom stereocenters. The zero-order chi connectivity index (χ0) is 12.5. The smallest absolute Gasteiger partial charge is 0.250 e. The van der Waals surface area contributed by atoms with Crippen molar-refractivity contribution in [2.75, 3.05) is 0 Å². The van der Waals surface area contributed by atoms with E-state index in [1.807, 2.05) is 35.0 Å². The number of pyridine rings is 2. The molecule has 90 valence electrons. The molecule has 3 aromatic rings. The highest BCUT2D eigenvalue weighted by Crippen LogP contribution is 2.12. The van der Waals surface area contributed by atoms with Gasteiger partial charge in [0.25, 0.3) is 5.56 Å². The third-order valence-corrected chi connectivity index (χ3v) is 3.17. The molecule has 3 heterocycles. The fourth-order valence-corrected chi connectivity index (χ4v) is 2.21. The Labute approximate surface area is 112 Å². The first-order valence-electron chi connectivity index (χ1n) is 5.51. The Morgan fingerprint density at radius 1 is 1.17 bits per heavy atom. The van der Waals surface area contributed by atoms with E-state index in [-0.39, 0.29) is 5.56 Å². The highest BCUT2D eigenvalue weighted by Gasteiger charge is 2.03. The van der Waals surface area contributed by atoms with Crippen LogP contribution in [0.4, 0.5) is 0 Å². The van der Waals surface area contributed by atoms with Crippen molar-refractivity contribution in [1.29, 1.82) is 0 Å². The lowest BCUT2D eigenvalue weighted by Gasteiger charge is -2.00. The van der Waals surface area contributed by atoms with E-state index in [9.17, 15) is 4.79 Å². The number of hydrogen-bond acceptors (Lipinski definition) is 2. The molecule has 3 aromatic heterocycles. The van der Waals surface area contributed by atoms with Crippen molar-refractivity contribution >= 4 is 21.6 Å². The first kappa shape index (κ1) is 11.2. The van der Waals surface area contributed by atoms with Crippen molar-refractivity contribution in [2.24, 2.45) is 0 Å². The maximum atomic E-state index is 11.6. The summed E-state index contributed by atoms with van der Waals surface area (Å²) in [6.45, 7) is 0.485. The highest BCUT2D eigenvalue weighted by molar-refractivity contribution is 9.10. The number of fused-ring (bicyclic) bond motifs is 1. The molecule has 0 aliphatic carbocycles. The minimum absolute atomic E-state index is 0.0178. The van der Waals surface area contributed by atoms with Crippen LogP contribution in [0.1, 0.15) is 5.69 Å². The van der Waals surface area contributed by atoms with Gasteiger partial charge in [0, 0.05) is 29.1 Å². The first-order valence-corrected chi connectivity index (χ1v) is 6.30. The lowest BCUT2D eigenvalue weighted by Crippen LogP contribution is -2.18. The van der Waals surface area contributed by atoms with Gasteiger partial charge in [-0.3, -0.25) is 4.79 Å². The van der Waals surface area contributed by atoms with Crippen molar-refractivity contribution in [3.8, 4) is 0 Å².